The second-order valence-electron chi connectivity index (χ2n) is 5.45. The van der Waals surface area contributed by atoms with Crippen molar-refractivity contribution in [1.29, 1.82) is 0 Å². The Kier molecular flexibility index (Phi) is 6.95. The number of nitrogens with one attached hydrogen (secondary N) is 1. The minimum Gasteiger partial charge on any atom is -0.497 e. The zero-order chi connectivity index (χ0) is 18.1. The van der Waals surface area contributed by atoms with Gasteiger partial charge in [-0.15, -0.1) is 0 Å². The Bertz CT molecular complexity index is 730. The van der Waals surface area contributed by atoms with Crippen molar-refractivity contribution in [3.8, 4) is 11.5 Å². The molecule has 0 saturated carbocycles. The van der Waals surface area contributed by atoms with Crippen molar-refractivity contribution < 1.29 is 18.7 Å². The first-order chi connectivity index (χ1) is 12.1. The number of carbonyl (C=O) groups is 1. The van der Waals surface area contributed by atoms with Gasteiger partial charge in [0.2, 0.25) is 0 Å². The molecule has 0 aliphatic rings. The van der Waals surface area contributed by atoms with Crippen molar-refractivity contribution in [3.05, 3.63) is 59.9 Å². The summed E-state index contributed by atoms with van der Waals surface area (Å²) in [6, 6.07) is 13.7. The van der Waals surface area contributed by atoms with Crippen molar-refractivity contribution >= 4 is 11.6 Å². The van der Waals surface area contributed by atoms with E-state index >= 15 is 0 Å². The number of halogens is 1. The highest BCUT2D eigenvalue weighted by molar-refractivity contribution is 5.84. The lowest BCUT2D eigenvalue weighted by atomic mass is 10.1. The second kappa shape index (κ2) is 9.42. The summed E-state index contributed by atoms with van der Waals surface area (Å²) in [4.78, 5) is 11.7. The fourth-order valence-corrected chi connectivity index (χ4v) is 2.07. The lowest BCUT2D eigenvalue weighted by Crippen LogP contribution is -2.25. The number of carbonyl (C=O) groups excluding carboxylic acids is 1. The number of aryl methyl sites for hydroxylation is 1. The molecule has 0 radical (unpaired) electrons. The highest BCUT2D eigenvalue weighted by atomic mass is 19.1. The van der Waals surface area contributed by atoms with Gasteiger partial charge in [-0.05, 0) is 49.6 Å². The number of hydrogen-bond acceptors (Lipinski definition) is 4. The summed E-state index contributed by atoms with van der Waals surface area (Å²) in [5.74, 6) is -0.0874. The van der Waals surface area contributed by atoms with Crippen molar-refractivity contribution in [2.75, 3.05) is 13.7 Å². The lowest BCUT2D eigenvalue weighted by molar-refractivity contribution is -0.123. The van der Waals surface area contributed by atoms with Crippen LogP contribution >= 0.6 is 0 Å². The fourth-order valence-electron chi connectivity index (χ4n) is 2.07. The Balaban J connectivity index is 1.74. The molecule has 5 nitrogen and oxygen atoms in total. The standard InChI is InChI=1S/C19H21FN2O3/c1-14(7-8-15-9-11-16(24-2)12-10-15)21-22-19(23)13-25-18-6-4-3-5-17(18)20/h3-6,9-12H,7-8,13H2,1-2H3,(H,22,23)/b21-14-. The monoisotopic (exact) mass is 344 g/mol. The van der Waals surface area contributed by atoms with E-state index in [1.54, 1.807) is 19.2 Å². The molecule has 132 valence electrons. The van der Waals surface area contributed by atoms with Crippen LogP contribution in [0.15, 0.2) is 53.6 Å². The second-order valence-corrected chi connectivity index (χ2v) is 5.45. The molecule has 0 aromatic heterocycles. The Morgan fingerprint density at radius 3 is 2.56 bits per heavy atom. The number of benzene rings is 2. The topological polar surface area (TPSA) is 59.9 Å². The normalized spacial score (nSPS) is 11.1. The number of para-hydroxylation sites is 1. The number of rotatable bonds is 8. The molecule has 0 heterocycles. The van der Waals surface area contributed by atoms with E-state index < -0.39 is 11.7 Å². The van der Waals surface area contributed by atoms with Gasteiger partial charge in [0.15, 0.2) is 18.2 Å². The summed E-state index contributed by atoms with van der Waals surface area (Å²) in [5, 5.41) is 4.03. The van der Waals surface area contributed by atoms with Crippen molar-refractivity contribution in [1.82, 2.24) is 5.43 Å². The number of hydrazone groups is 1. The maximum absolute atomic E-state index is 13.4. The van der Waals surface area contributed by atoms with Crippen molar-refractivity contribution in [2.45, 2.75) is 19.8 Å². The van der Waals surface area contributed by atoms with Gasteiger partial charge in [-0.2, -0.15) is 5.10 Å². The SMILES string of the molecule is COc1ccc(CC/C(C)=N\NC(=O)COc2ccccc2F)cc1. The molecule has 6 heteroatoms. The van der Waals surface area contributed by atoms with E-state index in [0.29, 0.717) is 6.42 Å². The molecule has 2 aromatic rings. The van der Waals surface area contributed by atoms with Gasteiger partial charge in [0, 0.05) is 5.71 Å². The first-order valence-electron chi connectivity index (χ1n) is 7.90. The van der Waals surface area contributed by atoms with Crippen LogP contribution < -0.4 is 14.9 Å². The van der Waals surface area contributed by atoms with Crippen LogP contribution in [0.1, 0.15) is 18.9 Å². The molecule has 0 atom stereocenters. The third-order valence-electron chi connectivity index (χ3n) is 3.50. The van der Waals surface area contributed by atoms with Crippen LogP contribution in [0.5, 0.6) is 11.5 Å². The third-order valence-corrected chi connectivity index (χ3v) is 3.50. The van der Waals surface area contributed by atoms with Crippen molar-refractivity contribution in [3.63, 3.8) is 0 Å². The highest BCUT2D eigenvalue weighted by Crippen LogP contribution is 2.15. The molecule has 0 fully saturated rings. The first kappa shape index (κ1) is 18.4. The van der Waals surface area contributed by atoms with Gasteiger partial charge < -0.3 is 9.47 Å². The van der Waals surface area contributed by atoms with E-state index in [1.807, 2.05) is 31.2 Å². The summed E-state index contributed by atoms with van der Waals surface area (Å²) >= 11 is 0. The van der Waals surface area contributed by atoms with Gasteiger partial charge in [0.25, 0.3) is 5.91 Å². The van der Waals surface area contributed by atoms with Gasteiger partial charge in [-0.1, -0.05) is 24.3 Å². The van der Waals surface area contributed by atoms with Gasteiger partial charge in [0.1, 0.15) is 5.75 Å². The summed E-state index contributed by atoms with van der Waals surface area (Å²) < 4.78 is 23.6. The highest BCUT2D eigenvalue weighted by Gasteiger charge is 2.05. The molecule has 2 aromatic carbocycles. The minimum atomic E-state index is -0.505. The molecule has 25 heavy (non-hydrogen) atoms. The third kappa shape index (κ3) is 6.25. The summed E-state index contributed by atoms with van der Waals surface area (Å²) in [6.45, 7) is 1.54. The predicted molar refractivity (Wildman–Crippen MR) is 94.5 cm³/mol. The molecule has 2 rings (SSSR count). The van der Waals surface area contributed by atoms with Crippen LogP contribution in [0, 0.1) is 5.82 Å². The molecule has 0 aliphatic heterocycles. The maximum Gasteiger partial charge on any atom is 0.277 e. The quantitative estimate of drug-likeness (QED) is 0.590. The molecular formula is C19H21FN2O3. The Hall–Kier alpha value is -2.89. The molecule has 1 amide bonds. The van der Waals surface area contributed by atoms with E-state index in [9.17, 15) is 9.18 Å². The van der Waals surface area contributed by atoms with Gasteiger partial charge >= 0.3 is 0 Å². The molecule has 0 spiro atoms. The zero-order valence-corrected chi connectivity index (χ0v) is 14.3. The Labute approximate surface area is 146 Å². The van der Waals surface area contributed by atoms with E-state index in [0.717, 1.165) is 23.4 Å². The van der Waals surface area contributed by atoms with Crippen LogP contribution in [-0.2, 0) is 11.2 Å². The number of ether oxygens (including phenoxy) is 2. The largest absolute Gasteiger partial charge is 0.497 e. The first-order valence-corrected chi connectivity index (χ1v) is 7.90. The summed E-state index contributed by atoms with van der Waals surface area (Å²) in [5.41, 5.74) is 4.35. The molecular weight excluding hydrogens is 323 g/mol. The van der Waals surface area contributed by atoms with Crippen LogP contribution in [0.4, 0.5) is 4.39 Å². The van der Waals surface area contributed by atoms with Crippen LogP contribution in [0.3, 0.4) is 0 Å². The van der Waals surface area contributed by atoms with Gasteiger partial charge in [0.05, 0.1) is 7.11 Å². The fraction of sp³-hybridized carbons (Fsp3) is 0.263. The number of amides is 1. The number of hydrogen-bond donors (Lipinski definition) is 1. The van der Waals surface area contributed by atoms with E-state index in [-0.39, 0.29) is 12.4 Å². The average Bonchev–Trinajstić information content (AvgIpc) is 2.64. The number of methoxy groups -OCH3 is 1. The lowest BCUT2D eigenvalue weighted by Gasteiger charge is -2.07. The predicted octanol–water partition coefficient (Wildman–Crippen LogP) is 3.34. The van der Waals surface area contributed by atoms with Crippen molar-refractivity contribution in [2.24, 2.45) is 5.10 Å². The maximum atomic E-state index is 13.4. The molecule has 0 bridgehead atoms. The Morgan fingerprint density at radius 2 is 1.88 bits per heavy atom. The van der Waals surface area contributed by atoms with Crippen LogP contribution in [-0.4, -0.2) is 25.3 Å². The van der Waals surface area contributed by atoms with Gasteiger partial charge in [-0.25, -0.2) is 9.82 Å². The molecule has 0 saturated heterocycles. The van der Waals surface area contributed by atoms with E-state index in [4.69, 9.17) is 9.47 Å². The zero-order valence-electron chi connectivity index (χ0n) is 14.3. The van der Waals surface area contributed by atoms with Crippen LogP contribution in [0.2, 0.25) is 0 Å². The minimum absolute atomic E-state index is 0.0397. The number of nitrogens with zero attached hydrogens (tertiary/aromatic N) is 1. The Morgan fingerprint density at radius 1 is 1.16 bits per heavy atom. The van der Waals surface area contributed by atoms with Gasteiger partial charge in [-0.3, -0.25) is 4.79 Å². The molecule has 0 unspecified atom stereocenters. The van der Waals surface area contributed by atoms with E-state index in [2.05, 4.69) is 10.5 Å². The summed E-state index contributed by atoms with van der Waals surface area (Å²) in [7, 11) is 1.63. The smallest absolute Gasteiger partial charge is 0.277 e. The van der Waals surface area contributed by atoms with E-state index in [1.165, 1.54) is 12.1 Å². The average molecular weight is 344 g/mol. The summed E-state index contributed by atoms with van der Waals surface area (Å²) in [6.07, 6.45) is 1.52. The molecule has 1 N–H and O–H groups in total. The van der Waals surface area contributed by atoms with Crippen LogP contribution in [0.25, 0.3) is 0 Å². The molecule has 0 aliphatic carbocycles.